The molecule has 6 nitrogen and oxygen atoms in total. The van der Waals surface area contributed by atoms with Crippen LogP contribution >= 0.6 is 0 Å². The van der Waals surface area contributed by atoms with E-state index < -0.39 is 0 Å². The molecule has 0 saturated heterocycles. The van der Waals surface area contributed by atoms with Crippen molar-refractivity contribution in [3.8, 4) is 68.5 Å². The van der Waals surface area contributed by atoms with E-state index in [0.717, 1.165) is 83.4 Å². The van der Waals surface area contributed by atoms with Gasteiger partial charge in [-0.15, -0.1) is 0 Å². The summed E-state index contributed by atoms with van der Waals surface area (Å²) in [4.78, 5) is 10.7. The van der Waals surface area contributed by atoms with Crippen molar-refractivity contribution >= 4 is 43.6 Å². The van der Waals surface area contributed by atoms with E-state index in [2.05, 4.69) is 143 Å². The molecule has 0 N–H and O–H groups in total. The molecule has 0 aliphatic heterocycles. The standard InChI is InChI=1S/C54H32N6/c55-33-35-26-28-50-43(30-35)44-31-36(34-56)27-29-51(44)60(50)52-25-13-21-42(54-57-45(37-14-3-1-4-15-37)32-46(58-54)38-16-5-2-6-17-38)53(52)41-20-9-12-24-49(41)59-47-22-10-7-18-39(47)40-19-8-11-23-48(40)59/h1-32H. The third kappa shape index (κ3) is 5.56. The molecule has 8 aromatic carbocycles. The number of nitrogens with zero attached hydrogens (tertiary/aromatic N) is 6. The zero-order valence-electron chi connectivity index (χ0n) is 32.2. The molecule has 11 rings (SSSR count). The first-order chi connectivity index (χ1) is 29.7. The molecule has 0 saturated carbocycles. The molecular weight excluding hydrogens is 733 g/mol. The van der Waals surface area contributed by atoms with Gasteiger partial charge >= 0.3 is 0 Å². The second-order valence-electron chi connectivity index (χ2n) is 14.8. The molecule has 0 unspecified atom stereocenters. The lowest BCUT2D eigenvalue weighted by Crippen LogP contribution is -2.04. The molecule has 278 valence electrons. The average Bonchev–Trinajstić information content (AvgIpc) is 3.83. The third-order valence-corrected chi connectivity index (χ3v) is 11.4. The van der Waals surface area contributed by atoms with Crippen LogP contribution < -0.4 is 0 Å². The van der Waals surface area contributed by atoms with Crippen LogP contribution in [0.5, 0.6) is 0 Å². The molecular formula is C54H32N6. The van der Waals surface area contributed by atoms with Crippen molar-refractivity contribution in [2.45, 2.75) is 0 Å². The molecule has 0 aliphatic rings. The van der Waals surface area contributed by atoms with Crippen molar-refractivity contribution in [1.82, 2.24) is 19.1 Å². The minimum atomic E-state index is 0.550. The van der Waals surface area contributed by atoms with Gasteiger partial charge in [0.25, 0.3) is 0 Å². The van der Waals surface area contributed by atoms with E-state index in [-0.39, 0.29) is 0 Å². The van der Waals surface area contributed by atoms with Crippen LogP contribution in [0, 0.1) is 22.7 Å². The Morgan fingerprint density at radius 2 is 0.817 bits per heavy atom. The Morgan fingerprint density at radius 1 is 0.367 bits per heavy atom. The highest BCUT2D eigenvalue weighted by molar-refractivity contribution is 6.12. The molecule has 11 aromatic rings. The number of hydrogen-bond acceptors (Lipinski definition) is 4. The Kier molecular flexibility index (Phi) is 8.15. The first kappa shape index (κ1) is 34.7. The van der Waals surface area contributed by atoms with Crippen molar-refractivity contribution in [2.24, 2.45) is 0 Å². The van der Waals surface area contributed by atoms with E-state index >= 15 is 0 Å². The molecule has 0 atom stereocenters. The first-order valence-electron chi connectivity index (χ1n) is 19.8. The quantitative estimate of drug-likeness (QED) is 0.169. The van der Waals surface area contributed by atoms with Crippen LogP contribution in [0.1, 0.15) is 11.1 Å². The highest BCUT2D eigenvalue weighted by Crippen LogP contribution is 2.45. The molecule has 0 spiro atoms. The molecule has 3 aromatic heterocycles. The fourth-order valence-electron chi connectivity index (χ4n) is 8.76. The van der Waals surface area contributed by atoms with Gasteiger partial charge in [-0.05, 0) is 66.7 Å². The lowest BCUT2D eigenvalue weighted by molar-refractivity contribution is 1.15. The molecule has 0 bridgehead atoms. The fraction of sp³-hybridized carbons (Fsp3) is 0. The van der Waals surface area contributed by atoms with E-state index in [4.69, 9.17) is 9.97 Å². The summed E-state index contributed by atoms with van der Waals surface area (Å²) in [5, 5.41) is 24.1. The van der Waals surface area contributed by atoms with Gasteiger partial charge in [0.05, 0.1) is 68.1 Å². The van der Waals surface area contributed by atoms with Crippen molar-refractivity contribution in [1.29, 1.82) is 10.5 Å². The van der Waals surface area contributed by atoms with Crippen LogP contribution in [0.15, 0.2) is 194 Å². The zero-order valence-corrected chi connectivity index (χ0v) is 32.2. The van der Waals surface area contributed by atoms with Crippen molar-refractivity contribution in [3.05, 3.63) is 205 Å². The van der Waals surface area contributed by atoms with Gasteiger partial charge in [-0.25, -0.2) is 9.97 Å². The lowest BCUT2D eigenvalue weighted by Gasteiger charge is -2.21. The van der Waals surface area contributed by atoms with Crippen LogP contribution in [0.4, 0.5) is 0 Å². The topological polar surface area (TPSA) is 83.2 Å². The second-order valence-corrected chi connectivity index (χ2v) is 14.8. The highest BCUT2D eigenvalue weighted by Gasteiger charge is 2.25. The predicted molar refractivity (Wildman–Crippen MR) is 242 cm³/mol. The summed E-state index contributed by atoms with van der Waals surface area (Å²) in [7, 11) is 0. The van der Waals surface area contributed by atoms with E-state index in [9.17, 15) is 10.5 Å². The molecule has 0 amide bonds. The fourth-order valence-corrected chi connectivity index (χ4v) is 8.76. The maximum Gasteiger partial charge on any atom is 0.161 e. The number of nitriles is 2. The van der Waals surface area contributed by atoms with Crippen LogP contribution in [0.2, 0.25) is 0 Å². The van der Waals surface area contributed by atoms with E-state index in [1.165, 1.54) is 10.8 Å². The van der Waals surface area contributed by atoms with Gasteiger partial charge in [-0.3, -0.25) is 0 Å². The molecule has 60 heavy (non-hydrogen) atoms. The maximum absolute atomic E-state index is 10.0. The summed E-state index contributed by atoms with van der Waals surface area (Å²) >= 11 is 0. The normalized spacial score (nSPS) is 11.3. The maximum atomic E-state index is 10.0. The number of benzene rings is 8. The SMILES string of the molecule is N#Cc1ccc2c(c1)c1cc(C#N)ccc1n2-c1cccc(-c2nc(-c3ccccc3)cc(-c3ccccc3)n2)c1-c1ccccc1-n1c2ccccc2c2ccccc21. The van der Waals surface area contributed by atoms with Crippen molar-refractivity contribution < 1.29 is 0 Å². The van der Waals surface area contributed by atoms with Crippen LogP contribution in [-0.4, -0.2) is 19.1 Å². The van der Waals surface area contributed by atoms with Gasteiger partial charge in [0.15, 0.2) is 5.82 Å². The van der Waals surface area contributed by atoms with Crippen LogP contribution in [0.3, 0.4) is 0 Å². The summed E-state index contributed by atoms with van der Waals surface area (Å²) in [6, 6.07) is 70.8. The third-order valence-electron chi connectivity index (χ3n) is 11.4. The van der Waals surface area contributed by atoms with Crippen LogP contribution in [-0.2, 0) is 0 Å². The summed E-state index contributed by atoms with van der Waals surface area (Å²) in [6.07, 6.45) is 0. The second kappa shape index (κ2) is 14.1. The Hall–Kier alpha value is -8.58. The van der Waals surface area contributed by atoms with Gasteiger partial charge in [-0.2, -0.15) is 10.5 Å². The summed E-state index contributed by atoms with van der Waals surface area (Å²) in [5.74, 6) is 0.586. The van der Waals surface area contributed by atoms with Gasteiger partial charge in [0, 0.05) is 49.4 Å². The number of para-hydroxylation sites is 3. The number of rotatable bonds is 6. The smallest absolute Gasteiger partial charge is 0.161 e. The molecule has 3 heterocycles. The lowest BCUT2D eigenvalue weighted by atomic mass is 9.94. The Morgan fingerprint density at radius 3 is 1.38 bits per heavy atom. The van der Waals surface area contributed by atoms with Gasteiger partial charge < -0.3 is 9.13 Å². The van der Waals surface area contributed by atoms with Gasteiger partial charge in [0.2, 0.25) is 0 Å². The van der Waals surface area contributed by atoms with Gasteiger partial charge in [-0.1, -0.05) is 127 Å². The summed E-state index contributed by atoms with van der Waals surface area (Å²) < 4.78 is 4.62. The first-order valence-corrected chi connectivity index (χ1v) is 19.8. The van der Waals surface area contributed by atoms with E-state index in [1.54, 1.807) is 0 Å². The minimum absolute atomic E-state index is 0.550. The predicted octanol–water partition coefficient (Wildman–Crippen LogP) is 13.1. The van der Waals surface area contributed by atoms with Gasteiger partial charge in [0.1, 0.15) is 0 Å². The van der Waals surface area contributed by atoms with Crippen LogP contribution in [0.25, 0.3) is 100 Å². The Bertz CT molecular complexity index is 3380. The molecule has 0 aliphatic carbocycles. The number of aromatic nitrogens is 4. The van der Waals surface area contributed by atoms with Crippen molar-refractivity contribution in [2.75, 3.05) is 0 Å². The monoisotopic (exact) mass is 764 g/mol. The number of hydrogen-bond donors (Lipinski definition) is 0. The highest BCUT2D eigenvalue weighted by atomic mass is 15.0. The molecule has 0 radical (unpaired) electrons. The zero-order chi connectivity index (χ0) is 40.2. The molecule has 0 fully saturated rings. The Labute approximate surface area is 345 Å². The van der Waals surface area contributed by atoms with E-state index in [1.807, 2.05) is 72.8 Å². The molecule has 6 heteroatoms. The average molecular weight is 765 g/mol. The Balaban J connectivity index is 1.29. The minimum Gasteiger partial charge on any atom is -0.309 e. The summed E-state index contributed by atoms with van der Waals surface area (Å²) in [5.41, 5.74) is 13.4. The van der Waals surface area contributed by atoms with Crippen molar-refractivity contribution in [3.63, 3.8) is 0 Å². The van der Waals surface area contributed by atoms with E-state index in [0.29, 0.717) is 17.0 Å². The largest absolute Gasteiger partial charge is 0.309 e. The summed E-state index contributed by atoms with van der Waals surface area (Å²) in [6.45, 7) is 0. The number of fused-ring (bicyclic) bond motifs is 6.